The smallest absolute Gasteiger partial charge is 0.321 e. The van der Waals surface area contributed by atoms with Crippen molar-refractivity contribution >= 4 is 33.6 Å². The normalized spacial score (nSPS) is 12.9. The molecule has 0 saturated heterocycles. The van der Waals surface area contributed by atoms with Crippen molar-refractivity contribution in [2.75, 3.05) is 19.3 Å². The Bertz CT molecular complexity index is 355. The van der Waals surface area contributed by atoms with Crippen LogP contribution in [0, 0.1) is 0 Å². The van der Waals surface area contributed by atoms with Gasteiger partial charge in [0.15, 0.2) is 0 Å². The maximum Gasteiger partial charge on any atom is 0.321 e. The third kappa shape index (κ3) is 8.45. The monoisotopic (exact) mass is 271 g/mol. The van der Waals surface area contributed by atoms with Gasteiger partial charge in [-0.3, -0.25) is 10.1 Å². The van der Waals surface area contributed by atoms with Crippen LogP contribution in [-0.2, 0) is 14.8 Å². The molecule has 7 nitrogen and oxygen atoms in total. The Labute approximate surface area is 99.0 Å². The molecule has 0 aliphatic heterocycles. The molecular formula is C7H14ClN3O4S. The molecule has 0 saturated carbocycles. The first kappa shape index (κ1) is 15.1. The highest BCUT2D eigenvalue weighted by molar-refractivity contribution is 7.88. The van der Waals surface area contributed by atoms with E-state index in [-0.39, 0.29) is 13.1 Å². The Morgan fingerprint density at radius 1 is 1.31 bits per heavy atom. The maximum atomic E-state index is 11.0. The highest BCUT2D eigenvalue weighted by atomic mass is 35.5. The second kappa shape index (κ2) is 6.66. The summed E-state index contributed by atoms with van der Waals surface area (Å²) in [6.45, 7) is 1.55. The molecule has 3 N–H and O–H groups in total. The molecule has 0 aliphatic rings. The van der Waals surface area contributed by atoms with Crippen LogP contribution in [0.15, 0.2) is 0 Å². The zero-order chi connectivity index (χ0) is 12.8. The Morgan fingerprint density at radius 2 is 1.88 bits per heavy atom. The molecular weight excluding hydrogens is 258 g/mol. The van der Waals surface area contributed by atoms with Gasteiger partial charge in [-0.05, 0) is 6.92 Å². The van der Waals surface area contributed by atoms with Gasteiger partial charge in [0.25, 0.3) is 0 Å². The first-order chi connectivity index (χ1) is 7.22. The topological polar surface area (TPSA) is 104 Å². The minimum absolute atomic E-state index is 0.0525. The molecule has 3 amide bonds. The van der Waals surface area contributed by atoms with Crippen LogP contribution in [-0.4, -0.2) is 45.1 Å². The number of imide groups is 1. The van der Waals surface area contributed by atoms with E-state index >= 15 is 0 Å². The minimum Gasteiger partial charge on any atom is -0.336 e. The molecule has 0 rings (SSSR count). The number of amides is 3. The summed E-state index contributed by atoms with van der Waals surface area (Å²) in [5.41, 5.74) is 0. The molecule has 0 aromatic rings. The molecule has 1 unspecified atom stereocenters. The third-order valence-electron chi connectivity index (χ3n) is 1.37. The molecule has 0 radical (unpaired) electrons. The van der Waals surface area contributed by atoms with E-state index in [0.29, 0.717) is 0 Å². The first-order valence-corrected chi connectivity index (χ1v) is 6.72. The van der Waals surface area contributed by atoms with Gasteiger partial charge in [-0.15, -0.1) is 11.6 Å². The van der Waals surface area contributed by atoms with Crippen molar-refractivity contribution in [2.24, 2.45) is 0 Å². The van der Waals surface area contributed by atoms with Crippen LogP contribution in [0.25, 0.3) is 0 Å². The van der Waals surface area contributed by atoms with Crippen molar-refractivity contribution in [3.63, 3.8) is 0 Å². The summed E-state index contributed by atoms with van der Waals surface area (Å²) in [4.78, 5) is 21.9. The Hall–Kier alpha value is -0.860. The number of nitrogens with one attached hydrogen (secondary N) is 3. The van der Waals surface area contributed by atoms with E-state index in [1.165, 1.54) is 6.92 Å². The molecule has 0 fully saturated rings. The van der Waals surface area contributed by atoms with Crippen LogP contribution >= 0.6 is 11.6 Å². The lowest BCUT2D eigenvalue weighted by Gasteiger charge is -2.07. The van der Waals surface area contributed by atoms with Gasteiger partial charge in [0.05, 0.1) is 6.26 Å². The van der Waals surface area contributed by atoms with Crippen LogP contribution in [0.5, 0.6) is 0 Å². The van der Waals surface area contributed by atoms with Gasteiger partial charge in [-0.25, -0.2) is 17.9 Å². The molecule has 0 aromatic heterocycles. The molecule has 94 valence electrons. The number of hydrogen-bond acceptors (Lipinski definition) is 4. The molecule has 0 aromatic carbocycles. The number of carbonyl (C=O) groups is 2. The van der Waals surface area contributed by atoms with E-state index in [0.717, 1.165) is 6.26 Å². The lowest BCUT2D eigenvalue weighted by molar-refractivity contribution is -0.119. The Morgan fingerprint density at radius 3 is 2.31 bits per heavy atom. The largest absolute Gasteiger partial charge is 0.336 e. The van der Waals surface area contributed by atoms with E-state index in [2.05, 4.69) is 10.0 Å². The van der Waals surface area contributed by atoms with E-state index in [1.54, 1.807) is 0 Å². The number of urea groups is 1. The molecule has 16 heavy (non-hydrogen) atoms. The number of halogens is 1. The van der Waals surface area contributed by atoms with Gasteiger partial charge >= 0.3 is 6.03 Å². The number of sulfonamides is 1. The number of hydrogen-bond donors (Lipinski definition) is 3. The third-order valence-corrected chi connectivity index (χ3v) is 2.30. The van der Waals surface area contributed by atoms with E-state index < -0.39 is 27.3 Å². The summed E-state index contributed by atoms with van der Waals surface area (Å²) in [5, 5.41) is 3.46. The second-order valence-corrected chi connectivity index (χ2v) is 5.52. The molecule has 0 heterocycles. The predicted octanol–water partition coefficient (Wildman–Crippen LogP) is -1.01. The van der Waals surface area contributed by atoms with E-state index in [4.69, 9.17) is 11.6 Å². The quantitative estimate of drug-likeness (QED) is 0.440. The molecule has 9 heteroatoms. The fourth-order valence-corrected chi connectivity index (χ4v) is 1.20. The number of carbonyl (C=O) groups excluding carboxylic acids is 2. The fourth-order valence-electron chi connectivity index (χ4n) is 0.668. The fraction of sp³-hybridized carbons (Fsp3) is 0.714. The highest BCUT2D eigenvalue weighted by Crippen LogP contribution is 1.91. The summed E-state index contributed by atoms with van der Waals surface area (Å²) in [5.74, 6) is -0.616. The molecule has 0 spiro atoms. The SMILES string of the molecule is CC(Cl)C(=O)NC(=O)NCCNS(C)(=O)=O. The van der Waals surface area contributed by atoms with Gasteiger partial charge in [0.2, 0.25) is 15.9 Å². The van der Waals surface area contributed by atoms with Crippen LogP contribution < -0.4 is 15.4 Å². The second-order valence-electron chi connectivity index (χ2n) is 3.03. The average Bonchev–Trinajstić information content (AvgIpc) is 2.10. The molecule has 1 atom stereocenters. The van der Waals surface area contributed by atoms with Gasteiger partial charge in [-0.2, -0.15) is 0 Å². The summed E-state index contributed by atoms with van der Waals surface area (Å²) in [6.07, 6.45) is 1.01. The summed E-state index contributed by atoms with van der Waals surface area (Å²) in [7, 11) is -3.27. The predicted molar refractivity (Wildman–Crippen MR) is 59.7 cm³/mol. The number of rotatable bonds is 5. The van der Waals surface area contributed by atoms with Crippen molar-refractivity contribution in [3.8, 4) is 0 Å². The highest BCUT2D eigenvalue weighted by Gasteiger charge is 2.12. The van der Waals surface area contributed by atoms with Gasteiger partial charge in [-0.1, -0.05) is 0 Å². The van der Waals surface area contributed by atoms with Crippen molar-refractivity contribution < 1.29 is 18.0 Å². The van der Waals surface area contributed by atoms with Crippen LogP contribution in [0.2, 0.25) is 0 Å². The Balaban J connectivity index is 3.71. The van der Waals surface area contributed by atoms with Gasteiger partial charge in [0.1, 0.15) is 5.38 Å². The van der Waals surface area contributed by atoms with Crippen molar-refractivity contribution in [1.82, 2.24) is 15.4 Å². The lowest BCUT2D eigenvalue weighted by atomic mass is 10.4. The molecule has 0 aliphatic carbocycles. The molecule has 0 bridgehead atoms. The average molecular weight is 272 g/mol. The Kier molecular flexibility index (Phi) is 6.31. The maximum absolute atomic E-state index is 11.0. The van der Waals surface area contributed by atoms with Crippen molar-refractivity contribution in [2.45, 2.75) is 12.3 Å². The summed E-state index contributed by atoms with van der Waals surface area (Å²) in [6, 6.07) is -0.715. The van der Waals surface area contributed by atoms with E-state index in [9.17, 15) is 18.0 Å². The standard InChI is InChI=1S/C7H14ClN3O4S/c1-5(8)6(12)11-7(13)9-3-4-10-16(2,14)15/h5,10H,3-4H2,1-2H3,(H2,9,11,12,13). The van der Waals surface area contributed by atoms with Crippen molar-refractivity contribution in [1.29, 1.82) is 0 Å². The van der Waals surface area contributed by atoms with Crippen LogP contribution in [0.1, 0.15) is 6.92 Å². The van der Waals surface area contributed by atoms with E-state index in [1.807, 2.05) is 5.32 Å². The first-order valence-electron chi connectivity index (χ1n) is 4.40. The summed E-state index contributed by atoms with van der Waals surface area (Å²) < 4.78 is 23.4. The zero-order valence-electron chi connectivity index (χ0n) is 8.91. The van der Waals surface area contributed by atoms with Crippen molar-refractivity contribution in [3.05, 3.63) is 0 Å². The lowest BCUT2D eigenvalue weighted by Crippen LogP contribution is -2.44. The van der Waals surface area contributed by atoms with Gasteiger partial charge < -0.3 is 5.32 Å². The van der Waals surface area contributed by atoms with Crippen LogP contribution in [0.3, 0.4) is 0 Å². The minimum atomic E-state index is -3.27. The number of alkyl halides is 1. The van der Waals surface area contributed by atoms with Gasteiger partial charge in [0, 0.05) is 13.1 Å². The van der Waals surface area contributed by atoms with Crippen LogP contribution in [0.4, 0.5) is 4.79 Å². The zero-order valence-corrected chi connectivity index (χ0v) is 10.5. The summed E-state index contributed by atoms with van der Waals surface area (Å²) >= 11 is 5.41.